The van der Waals surface area contributed by atoms with E-state index in [1.165, 1.54) is 0 Å². The number of ether oxygens (including phenoxy) is 2. The molecular formula is C22H26N2O3. The van der Waals surface area contributed by atoms with Crippen molar-refractivity contribution in [2.75, 3.05) is 6.61 Å². The quantitative estimate of drug-likeness (QED) is 0.742. The van der Waals surface area contributed by atoms with Gasteiger partial charge >= 0.3 is 0 Å². The summed E-state index contributed by atoms with van der Waals surface area (Å²) in [7, 11) is 0. The largest absolute Gasteiger partial charge is 0.489 e. The maximum absolute atomic E-state index is 11.9. The lowest BCUT2D eigenvalue weighted by atomic mass is 9.90. The van der Waals surface area contributed by atoms with Crippen LogP contribution in [0.4, 0.5) is 0 Å². The van der Waals surface area contributed by atoms with Crippen LogP contribution in [0.3, 0.4) is 0 Å². The SMILES string of the molecule is CC1CCC(=NNC(=O)COc2ccc(OCc3ccccc3)cc2)CC1. The summed E-state index contributed by atoms with van der Waals surface area (Å²) in [4.78, 5) is 11.9. The highest BCUT2D eigenvalue weighted by Gasteiger charge is 2.13. The molecule has 0 unspecified atom stereocenters. The fourth-order valence-electron chi connectivity index (χ4n) is 2.90. The van der Waals surface area contributed by atoms with Crippen molar-refractivity contribution in [1.82, 2.24) is 5.43 Å². The highest BCUT2D eigenvalue weighted by Crippen LogP contribution is 2.21. The van der Waals surface area contributed by atoms with Gasteiger partial charge in [-0.15, -0.1) is 0 Å². The van der Waals surface area contributed by atoms with Gasteiger partial charge in [-0.1, -0.05) is 37.3 Å². The Bertz CT molecular complexity index is 747. The van der Waals surface area contributed by atoms with E-state index >= 15 is 0 Å². The number of carbonyl (C=O) groups is 1. The molecule has 142 valence electrons. The molecule has 0 saturated heterocycles. The van der Waals surface area contributed by atoms with Gasteiger partial charge in [-0.2, -0.15) is 5.10 Å². The van der Waals surface area contributed by atoms with E-state index in [0.717, 1.165) is 48.6 Å². The highest BCUT2D eigenvalue weighted by molar-refractivity contribution is 5.87. The molecule has 1 aliphatic carbocycles. The van der Waals surface area contributed by atoms with Crippen LogP contribution in [0.25, 0.3) is 0 Å². The first-order chi connectivity index (χ1) is 13.2. The van der Waals surface area contributed by atoms with E-state index in [-0.39, 0.29) is 12.5 Å². The number of hydrazone groups is 1. The lowest BCUT2D eigenvalue weighted by Crippen LogP contribution is -2.26. The minimum Gasteiger partial charge on any atom is -0.489 e. The number of benzene rings is 2. The van der Waals surface area contributed by atoms with Crippen LogP contribution in [-0.2, 0) is 11.4 Å². The average Bonchev–Trinajstić information content (AvgIpc) is 2.72. The fourth-order valence-corrected chi connectivity index (χ4v) is 2.90. The lowest BCUT2D eigenvalue weighted by molar-refractivity contribution is -0.123. The van der Waals surface area contributed by atoms with E-state index in [9.17, 15) is 4.79 Å². The van der Waals surface area contributed by atoms with Crippen LogP contribution in [0.15, 0.2) is 59.7 Å². The van der Waals surface area contributed by atoms with Crippen LogP contribution in [0.5, 0.6) is 11.5 Å². The van der Waals surface area contributed by atoms with Gasteiger partial charge in [-0.05, 0) is 61.4 Å². The Balaban J connectivity index is 1.39. The van der Waals surface area contributed by atoms with E-state index < -0.39 is 0 Å². The van der Waals surface area contributed by atoms with Crippen LogP contribution in [-0.4, -0.2) is 18.2 Å². The Hall–Kier alpha value is -2.82. The van der Waals surface area contributed by atoms with Gasteiger partial charge in [0, 0.05) is 5.71 Å². The number of hydrogen-bond acceptors (Lipinski definition) is 4. The zero-order chi connectivity index (χ0) is 18.9. The van der Waals surface area contributed by atoms with Crippen LogP contribution in [0.1, 0.15) is 38.2 Å². The number of amides is 1. The van der Waals surface area contributed by atoms with Crippen molar-refractivity contribution < 1.29 is 14.3 Å². The van der Waals surface area contributed by atoms with Gasteiger partial charge in [-0.3, -0.25) is 4.79 Å². The zero-order valence-electron chi connectivity index (χ0n) is 15.7. The Labute approximate surface area is 160 Å². The average molecular weight is 366 g/mol. The Kier molecular flexibility index (Phi) is 6.85. The Morgan fingerprint density at radius 1 is 1.00 bits per heavy atom. The third-order valence-corrected chi connectivity index (χ3v) is 4.63. The predicted octanol–water partition coefficient (Wildman–Crippen LogP) is 4.33. The number of rotatable bonds is 7. The first-order valence-electron chi connectivity index (χ1n) is 9.43. The van der Waals surface area contributed by atoms with Gasteiger partial charge < -0.3 is 9.47 Å². The minimum absolute atomic E-state index is 0.0581. The highest BCUT2D eigenvalue weighted by atomic mass is 16.5. The third kappa shape index (κ3) is 6.44. The minimum atomic E-state index is -0.245. The number of carbonyl (C=O) groups excluding carboxylic acids is 1. The van der Waals surface area contributed by atoms with Crippen LogP contribution in [0, 0.1) is 5.92 Å². The first kappa shape index (κ1) is 19.0. The zero-order valence-corrected chi connectivity index (χ0v) is 15.7. The van der Waals surface area contributed by atoms with Gasteiger partial charge in [0.25, 0.3) is 5.91 Å². The summed E-state index contributed by atoms with van der Waals surface area (Å²) in [5.74, 6) is 1.89. The molecule has 0 aromatic heterocycles. The maximum Gasteiger partial charge on any atom is 0.277 e. The molecule has 2 aromatic carbocycles. The molecule has 0 aliphatic heterocycles. The number of nitrogens with one attached hydrogen (secondary N) is 1. The van der Waals surface area contributed by atoms with E-state index in [1.54, 1.807) is 12.1 Å². The molecule has 1 saturated carbocycles. The summed E-state index contributed by atoms with van der Waals surface area (Å²) in [5, 5.41) is 4.21. The van der Waals surface area contributed by atoms with Crippen molar-refractivity contribution in [2.45, 2.75) is 39.2 Å². The molecule has 0 spiro atoms. The van der Waals surface area contributed by atoms with Gasteiger partial charge in [0.1, 0.15) is 18.1 Å². The molecule has 27 heavy (non-hydrogen) atoms. The maximum atomic E-state index is 11.9. The van der Waals surface area contributed by atoms with E-state index in [4.69, 9.17) is 9.47 Å². The normalized spacial score (nSPS) is 16.5. The van der Waals surface area contributed by atoms with E-state index in [1.807, 2.05) is 42.5 Å². The molecule has 0 atom stereocenters. The lowest BCUT2D eigenvalue weighted by Gasteiger charge is -2.18. The predicted molar refractivity (Wildman–Crippen MR) is 106 cm³/mol. The molecular weight excluding hydrogens is 340 g/mol. The molecule has 3 rings (SSSR count). The van der Waals surface area contributed by atoms with Crippen molar-refractivity contribution in [3.8, 4) is 11.5 Å². The molecule has 5 nitrogen and oxygen atoms in total. The smallest absolute Gasteiger partial charge is 0.277 e. The monoisotopic (exact) mass is 366 g/mol. The first-order valence-corrected chi connectivity index (χ1v) is 9.43. The Morgan fingerprint density at radius 2 is 1.63 bits per heavy atom. The molecule has 0 radical (unpaired) electrons. The molecule has 1 fully saturated rings. The second kappa shape index (κ2) is 9.76. The standard InChI is InChI=1S/C22H26N2O3/c1-17-7-9-19(10-8-17)23-24-22(25)16-27-21-13-11-20(12-14-21)26-15-18-5-3-2-4-6-18/h2-6,11-14,17H,7-10,15-16H2,1H3,(H,24,25). The van der Waals surface area contributed by atoms with Crippen molar-refractivity contribution in [2.24, 2.45) is 11.0 Å². The molecule has 5 heteroatoms. The fraction of sp³-hybridized carbons (Fsp3) is 0.364. The van der Waals surface area contributed by atoms with Crippen LogP contribution in [0.2, 0.25) is 0 Å². The summed E-state index contributed by atoms with van der Waals surface area (Å²) in [6.07, 6.45) is 4.22. The summed E-state index contributed by atoms with van der Waals surface area (Å²) in [5.41, 5.74) is 4.77. The van der Waals surface area contributed by atoms with Crippen LogP contribution < -0.4 is 14.9 Å². The molecule has 1 amide bonds. The van der Waals surface area contributed by atoms with Crippen molar-refractivity contribution in [3.05, 3.63) is 60.2 Å². The molecule has 1 N–H and O–H groups in total. The van der Waals surface area contributed by atoms with Gasteiger partial charge in [0.05, 0.1) is 0 Å². The van der Waals surface area contributed by atoms with Gasteiger partial charge in [0.2, 0.25) is 0 Å². The number of nitrogens with zero attached hydrogens (tertiary/aromatic N) is 1. The van der Waals surface area contributed by atoms with Crippen molar-refractivity contribution >= 4 is 11.6 Å². The molecule has 0 bridgehead atoms. The van der Waals surface area contributed by atoms with E-state index in [2.05, 4.69) is 17.5 Å². The van der Waals surface area contributed by atoms with Crippen molar-refractivity contribution in [3.63, 3.8) is 0 Å². The molecule has 0 heterocycles. The van der Waals surface area contributed by atoms with Crippen LogP contribution >= 0.6 is 0 Å². The summed E-state index contributed by atoms with van der Waals surface area (Å²) in [6.45, 7) is 2.71. The number of hydrogen-bond donors (Lipinski definition) is 1. The van der Waals surface area contributed by atoms with E-state index in [0.29, 0.717) is 12.4 Å². The Morgan fingerprint density at radius 3 is 2.30 bits per heavy atom. The molecule has 1 aliphatic rings. The van der Waals surface area contributed by atoms with Gasteiger partial charge in [0.15, 0.2) is 6.61 Å². The summed E-state index contributed by atoms with van der Waals surface area (Å²) >= 11 is 0. The second-order valence-electron chi connectivity index (χ2n) is 6.93. The third-order valence-electron chi connectivity index (χ3n) is 4.63. The molecule has 2 aromatic rings. The topological polar surface area (TPSA) is 59.9 Å². The summed E-state index contributed by atoms with van der Waals surface area (Å²) in [6, 6.07) is 17.2. The van der Waals surface area contributed by atoms with Gasteiger partial charge in [-0.25, -0.2) is 5.43 Å². The summed E-state index contributed by atoms with van der Waals surface area (Å²) < 4.78 is 11.2. The van der Waals surface area contributed by atoms with Crippen molar-refractivity contribution in [1.29, 1.82) is 0 Å². The second-order valence-corrected chi connectivity index (χ2v) is 6.93.